The molecule has 0 aromatic heterocycles. The lowest BCUT2D eigenvalue weighted by atomic mass is 9.78. The molecule has 1 aliphatic rings. The molecule has 0 aliphatic carbocycles. The Kier molecular flexibility index (Phi) is 3.87. The minimum Gasteiger partial charge on any atom is -0.399 e. The third kappa shape index (κ3) is 2.49. The van der Waals surface area contributed by atoms with Crippen LogP contribution in [0.2, 0.25) is 0 Å². The Morgan fingerprint density at radius 3 is 2.21 bits per heavy atom. The Bertz CT molecular complexity index is 481. The summed E-state index contributed by atoms with van der Waals surface area (Å²) < 4.78 is 12.2. The zero-order chi connectivity index (χ0) is 14.3. The van der Waals surface area contributed by atoms with Gasteiger partial charge in [-0.15, -0.1) is 11.8 Å². The summed E-state index contributed by atoms with van der Waals surface area (Å²) in [6, 6.07) is 6.16. The highest BCUT2D eigenvalue weighted by Gasteiger charge is 2.52. The largest absolute Gasteiger partial charge is 0.496 e. The van der Waals surface area contributed by atoms with Crippen molar-refractivity contribution in [2.45, 2.75) is 43.8 Å². The number of thioether (sulfide) groups is 1. The van der Waals surface area contributed by atoms with E-state index < -0.39 is 0 Å². The molecule has 0 bridgehead atoms. The molecule has 0 spiro atoms. The van der Waals surface area contributed by atoms with Gasteiger partial charge in [0.2, 0.25) is 0 Å². The molecule has 2 nitrogen and oxygen atoms in total. The Morgan fingerprint density at radius 1 is 1.16 bits per heavy atom. The van der Waals surface area contributed by atoms with Crippen molar-refractivity contribution in [1.29, 1.82) is 0 Å². The fourth-order valence-electron chi connectivity index (χ4n) is 2.13. The molecule has 0 N–H and O–H groups in total. The predicted octanol–water partition coefficient (Wildman–Crippen LogP) is 3.35. The Morgan fingerprint density at radius 2 is 1.74 bits per heavy atom. The van der Waals surface area contributed by atoms with Crippen molar-refractivity contribution in [3.05, 3.63) is 30.3 Å². The van der Waals surface area contributed by atoms with Crippen molar-refractivity contribution in [2.24, 2.45) is 0 Å². The lowest BCUT2D eigenvalue weighted by Crippen LogP contribution is -2.41. The maximum Gasteiger partial charge on any atom is 0.496 e. The van der Waals surface area contributed by atoms with Gasteiger partial charge < -0.3 is 9.31 Å². The number of hydrogen-bond acceptors (Lipinski definition) is 3. The second-order valence-corrected chi connectivity index (χ2v) is 6.58. The first-order chi connectivity index (χ1) is 8.82. The third-order valence-corrected chi connectivity index (χ3v) is 4.89. The molecule has 0 radical (unpaired) electrons. The maximum absolute atomic E-state index is 6.12. The van der Waals surface area contributed by atoms with Gasteiger partial charge in [0, 0.05) is 4.90 Å². The van der Waals surface area contributed by atoms with Crippen LogP contribution in [0.5, 0.6) is 0 Å². The average Bonchev–Trinajstić information content (AvgIpc) is 2.57. The fourth-order valence-corrected chi connectivity index (χ4v) is 2.91. The predicted molar refractivity (Wildman–Crippen MR) is 84.0 cm³/mol. The van der Waals surface area contributed by atoms with Crippen LogP contribution < -0.4 is 5.46 Å². The first-order valence-electron chi connectivity index (χ1n) is 6.47. The van der Waals surface area contributed by atoms with E-state index in [0.717, 1.165) is 11.0 Å². The Labute approximate surface area is 120 Å². The van der Waals surface area contributed by atoms with E-state index in [9.17, 15) is 0 Å². The van der Waals surface area contributed by atoms with E-state index in [-0.39, 0.29) is 18.3 Å². The van der Waals surface area contributed by atoms with E-state index in [2.05, 4.69) is 52.7 Å². The smallest absolute Gasteiger partial charge is 0.399 e. The molecular formula is C15H21BO2S. The minimum atomic E-state index is -0.313. The zero-order valence-corrected chi connectivity index (χ0v) is 13.1. The van der Waals surface area contributed by atoms with Crippen molar-refractivity contribution in [3.63, 3.8) is 0 Å². The summed E-state index contributed by atoms with van der Waals surface area (Å²) in [5, 5.41) is 0. The van der Waals surface area contributed by atoms with Gasteiger partial charge in [-0.3, -0.25) is 0 Å². The van der Waals surface area contributed by atoms with E-state index in [4.69, 9.17) is 9.31 Å². The number of rotatable bonds is 3. The molecular weight excluding hydrogens is 255 g/mol. The van der Waals surface area contributed by atoms with Crippen LogP contribution in [0.3, 0.4) is 0 Å². The summed E-state index contributed by atoms with van der Waals surface area (Å²) in [7, 11) is -0.313. The summed E-state index contributed by atoms with van der Waals surface area (Å²) in [6.07, 6.45) is 3.94. The molecule has 1 fully saturated rings. The minimum absolute atomic E-state index is 0.308. The van der Waals surface area contributed by atoms with Crippen LogP contribution in [-0.4, -0.2) is 24.6 Å². The van der Waals surface area contributed by atoms with E-state index in [1.807, 2.05) is 12.1 Å². The highest BCUT2D eigenvalue weighted by Crippen LogP contribution is 2.37. The van der Waals surface area contributed by atoms with E-state index in [1.54, 1.807) is 11.8 Å². The van der Waals surface area contributed by atoms with Crippen LogP contribution in [-0.2, 0) is 9.31 Å². The average molecular weight is 276 g/mol. The maximum atomic E-state index is 6.12. The molecule has 19 heavy (non-hydrogen) atoms. The van der Waals surface area contributed by atoms with Gasteiger partial charge in [0.05, 0.1) is 11.2 Å². The van der Waals surface area contributed by atoms with Crippen LogP contribution in [0.25, 0.3) is 6.08 Å². The topological polar surface area (TPSA) is 18.5 Å². The van der Waals surface area contributed by atoms with Gasteiger partial charge in [-0.1, -0.05) is 30.9 Å². The molecule has 2 rings (SSSR count). The summed E-state index contributed by atoms with van der Waals surface area (Å²) in [4.78, 5) is 1.18. The van der Waals surface area contributed by atoms with Crippen LogP contribution in [0, 0.1) is 0 Å². The molecule has 1 aliphatic heterocycles. The van der Waals surface area contributed by atoms with Crippen LogP contribution in [0.1, 0.15) is 33.3 Å². The second kappa shape index (κ2) is 5.00. The molecule has 1 aromatic rings. The summed E-state index contributed by atoms with van der Waals surface area (Å²) in [5.41, 5.74) is 1.60. The first-order valence-corrected chi connectivity index (χ1v) is 7.70. The molecule has 0 atom stereocenters. The summed E-state index contributed by atoms with van der Waals surface area (Å²) in [5.74, 6) is 0. The third-order valence-electron chi connectivity index (χ3n) is 4.01. The van der Waals surface area contributed by atoms with Gasteiger partial charge >= 0.3 is 7.12 Å². The molecule has 4 heteroatoms. The van der Waals surface area contributed by atoms with Crippen molar-refractivity contribution in [1.82, 2.24) is 0 Å². The summed E-state index contributed by atoms with van der Waals surface area (Å²) in [6.45, 7) is 12.2. The van der Waals surface area contributed by atoms with Gasteiger partial charge in [-0.2, -0.15) is 0 Å². The molecule has 1 aromatic carbocycles. The number of benzene rings is 1. The first kappa shape index (κ1) is 14.7. The van der Waals surface area contributed by atoms with Crippen molar-refractivity contribution in [3.8, 4) is 0 Å². The van der Waals surface area contributed by atoms with Crippen LogP contribution >= 0.6 is 11.8 Å². The van der Waals surface area contributed by atoms with Gasteiger partial charge in [0.15, 0.2) is 0 Å². The fraction of sp³-hybridized carbons (Fsp3) is 0.467. The van der Waals surface area contributed by atoms with E-state index in [0.29, 0.717) is 0 Å². The van der Waals surface area contributed by atoms with Gasteiger partial charge in [0.1, 0.15) is 0 Å². The van der Waals surface area contributed by atoms with Gasteiger partial charge in [-0.25, -0.2) is 0 Å². The SMILES string of the molecule is C=Cc1cccc(B2OC(C)(C)C(C)(C)O2)c1SC. The normalized spacial score (nSPS) is 20.6. The van der Waals surface area contributed by atoms with Gasteiger partial charge in [0.25, 0.3) is 0 Å². The molecule has 0 unspecified atom stereocenters. The van der Waals surface area contributed by atoms with Gasteiger partial charge in [-0.05, 0) is 45.0 Å². The van der Waals surface area contributed by atoms with E-state index in [1.165, 1.54) is 4.90 Å². The lowest BCUT2D eigenvalue weighted by molar-refractivity contribution is 0.00578. The van der Waals surface area contributed by atoms with E-state index >= 15 is 0 Å². The van der Waals surface area contributed by atoms with Crippen molar-refractivity contribution < 1.29 is 9.31 Å². The molecule has 1 saturated heterocycles. The van der Waals surface area contributed by atoms with Crippen LogP contribution in [0.4, 0.5) is 0 Å². The highest BCUT2D eigenvalue weighted by molar-refractivity contribution is 7.98. The highest BCUT2D eigenvalue weighted by atomic mass is 32.2. The molecule has 0 saturated carbocycles. The monoisotopic (exact) mass is 276 g/mol. The Balaban J connectivity index is 2.42. The van der Waals surface area contributed by atoms with Crippen molar-refractivity contribution >= 4 is 30.4 Å². The Hall–Kier alpha value is -0.705. The van der Waals surface area contributed by atoms with Crippen molar-refractivity contribution in [2.75, 3.05) is 6.26 Å². The second-order valence-electron chi connectivity index (χ2n) is 5.76. The zero-order valence-electron chi connectivity index (χ0n) is 12.3. The lowest BCUT2D eigenvalue weighted by Gasteiger charge is -2.32. The van der Waals surface area contributed by atoms with Crippen LogP contribution in [0.15, 0.2) is 29.7 Å². The quantitative estimate of drug-likeness (QED) is 0.623. The number of hydrogen-bond donors (Lipinski definition) is 0. The molecule has 102 valence electrons. The molecule has 0 amide bonds. The summed E-state index contributed by atoms with van der Waals surface area (Å²) >= 11 is 1.70. The molecule has 1 heterocycles. The standard InChI is InChI=1S/C15H21BO2S/c1-7-11-9-8-10-12(13(11)19-6)16-17-14(2,3)15(4,5)18-16/h7-10H,1H2,2-6H3.